The summed E-state index contributed by atoms with van der Waals surface area (Å²) in [6.45, 7) is 1.20. The zero-order chi connectivity index (χ0) is 18.3. The van der Waals surface area contributed by atoms with Crippen LogP contribution in [0.2, 0.25) is 0 Å². The summed E-state index contributed by atoms with van der Waals surface area (Å²) in [4.78, 5) is 4.61. The Bertz CT molecular complexity index is 777. The largest absolute Gasteiger partial charge is 0.394 e. The molecule has 2 heterocycles. The second-order valence-corrected chi connectivity index (χ2v) is 6.96. The van der Waals surface area contributed by atoms with Crippen LogP contribution in [-0.4, -0.2) is 35.1 Å². The van der Waals surface area contributed by atoms with Crippen molar-refractivity contribution in [1.82, 2.24) is 14.8 Å². The van der Waals surface area contributed by atoms with Crippen molar-refractivity contribution in [3.63, 3.8) is 0 Å². The molecule has 1 aliphatic heterocycles. The lowest BCUT2D eigenvalue weighted by molar-refractivity contribution is 0.00732. The maximum atomic E-state index is 13.9. The quantitative estimate of drug-likeness (QED) is 0.825. The number of aromatic nitrogens is 3. The molecular formula is C18H22F2N4O2. The van der Waals surface area contributed by atoms with Gasteiger partial charge in [0.25, 0.3) is 0 Å². The number of anilines is 1. The van der Waals surface area contributed by atoms with Crippen LogP contribution in [0.1, 0.15) is 43.7 Å². The van der Waals surface area contributed by atoms with Gasteiger partial charge in [0.15, 0.2) is 11.6 Å². The van der Waals surface area contributed by atoms with Crippen molar-refractivity contribution in [2.45, 2.75) is 37.8 Å². The van der Waals surface area contributed by atoms with Crippen LogP contribution in [0.5, 0.6) is 0 Å². The standard InChI is InChI=1S/C18H22F2N4O2/c1-25-16(10-3-2-4-10)18-22-17(23-24(18)12-5-6-26-9-12)11-7-13(19)15(21)14(20)8-11/h7-8,10,12,16H,2-6,9,21H2,1H3. The van der Waals surface area contributed by atoms with Crippen LogP contribution in [0.25, 0.3) is 11.4 Å². The van der Waals surface area contributed by atoms with E-state index in [1.54, 1.807) is 7.11 Å². The molecule has 1 aliphatic carbocycles. The van der Waals surface area contributed by atoms with E-state index in [2.05, 4.69) is 10.1 Å². The first kappa shape index (κ1) is 17.4. The summed E-state index contributed by atoms with van der Waals surface area (Å²) in [7, 11) is 1.66. The lowest BCUT2D eigenvalue weighted by Gasteiger charge is -2.32. The van der Waals surface area contributed by atoms with Gasteiger partial charge in [-0.25, -0.2) is 18.4 Å². The first-order chi connectivity index (χ1) is 12.6. The van der Waals surface area contributed by atoms with Crippen molar-refractivity contribution in [2.75, 3.05) is 26.1 Å². The highest BCUT2D eigenvalue weighted by atomic mass is 19.1. The average Bonchev–Trinajstić information content (AvgIpc) is 3.24. The second-order valence-electron chi connectivity index (χ2n) is 6.96. The monoisotopic (exact) mass is 364 g/mol. The molecule has 1 aromatic heterocycles. The molecule has 6 nitrogen and oxygen atoms in total. The molecule has 2 unspecified atom stereocenters. The van der Waals surface area contributed by atoms with Crippen LogP contribution in [0, 0.1) is 17.6 Å². The Morgan fingerprint density at radius 2 is 2.00 bits per heavy atom. The van der Waals surface area contributed by atoms with Gasteiger partial charge in [-0.1, -0.05) is 6.42 Å². The van der Waals surface area contributed by atoms with Gasteiger partial charge in [0.2, 0.25) is 0 Å². The number of nitrogens with two attached hydrogens (primary N) is 1. The maximum absolute atomic E-state index is 13.9. The summed E-state index contributed by atoms with van der Waals surface area (Å²) in [5.41, 5.74) is 5.13. The SMILES string of the molecule is COC(c1nc(-c2cc(F)c(N)c(F)c2)nn1C1CCOC1)C1CCC1. The molecule has 0 spiro atoms. The highest BCUT2D eigenvalue weighted by Crippen LogP contribution is 2.40. The minimum absolute atomic E-state index is 0.0486. The Labute approximate surface area is 150 Å². The number of benzene rings is 1. The van der Waals surface area contributed by atoms with E-state index >= 15 is 0 Å². The van der Waals surface area contributed by atoms with E-state index in [9.17, 15) is 8.78 Å². The number of methoxy groups -OCH3 is 1. The molecular weight excluding hydrogens is 342 g/mol. The van der Waals surface area contributed by atoms with E-state index < -0.39 is 17.3 Å². The van der Waals surface area contributed by atoms with Crippen LogP contribution in [0.3, 0.4) is 0 Å². The molecule has 2 atom stereocenters. The highest BCUT2D eigenvalue weighted by molar-refractivity contribution is 5.60. The van der Waals surface area contributed by atoms with Gasteiger partial charge in [-0.3, -0.25) is 0 Å². The summed E-state index contributed by atoms with van der Waals surface area (Å²) >= 11 is 0. The molecule has 2 aliphatic rings. The van der Waals surface area contributed by atoms with Crippen LogP contribution in [-0.2, 0) is 9.47 Å². The third kappa shape index (κ3) is 2.97. The van der Waals surface area contributed by atoms with Crippen molar-refractivity contribution >= 4 is 5.69 Å². The molecule has 2 aromatic rings. The molecule has 1 aromatic carbocycles. The number of hydrogen-bond donors (Lipinski definition) is 1. The van der Waals surface area contributed by atoms with Gasteiger partial charge in [-0.2, -0.15) is 5.10 Å². The molecule has 140 valence electrons. The van der Waals surface area contributed by atoms with Gasteiger partial charge < -0.3 is 15.2 Å². The number of rotatable bonds is 5. The molecule has 0 amide bonds. The lowest BCUT2D eigenvalue weighted by atomic mass is 9.80. The Morgan fingerprint density at radius 1 is 1.27 bits per heavy atom. The van der Waals surface area contributed by atoms with Crippen LogP contribution in [0.15, 0.2) is 12.1 Å². The van der Waals surface area contributed by atoms with Crippen LogP contribution < -0.4 is 5.73 Å². The number of halogens is 2. The molecule has 0 bridgehead atoms. The van der Waals surface area contributed by atoms with Crippen LogP contribution in [0.4, 0.5) is 14.5 Å². The summed E-state index contributed by atoms with van der Waals surface area (Å²) in [5, 5.41) is 4.56. The number of nitrogen functional groups attached to an aromatic ring is 1. The topological polar surface area (TPSA) is 75.2 Å². The fourth-order valence-electron chi connectivity index (χ4n) is 3.60. The predicted octanol–water partition coefficient (Wildman–Crippen LogP) is 3.25. The van der Waals surface area contributed by atoms with E-state index in [4.69, 9.17) is 15.2 Å². The van der Waals surface area contributed by atoms with E-state index in [-0.39, 0.29) is 23.5 Å². The van der Waals surface area contributed by atoms with Gasteiger partial charge in [-0.05, 0) is 37.3 Å². The molecule has 2 fully saturated rings. The summed E-state index contributed by atoms with van der Waals surface area (Å²) in [5.74, 6) is -0.279. The summed E-state index contributed by atoms with van der Waals surface area (Å²) < 4.78 is 40.8. The molecule has 2 N–H and O–H groups in total. The van der Waals surface area contributed by atoms with Crippen molar-refractivity contribution in [1.29, 1.82) is 0 Å². The fourth-order valence-corrected chi connectivity index (χ4v) is 3.60. The van der Waals surface area contributed by atoms with Crippen molar-refractivity contribution in [3.05, 3.63) is 29.6 Å². The maximum Gasteiger partial charge on any atom is 0.181 e. The Morgan fingerprint density at radius 3 is 2.54 bits per heavy atom. The fraction of sp³-hybridized carbons (Fsp3) is 0.556. The third-order valence-electron chi connectivity index (χ3n) is 5.33. The third-order valence-corrected chi connectivity index (χ3v) is 5.33. The Kier molecular flexibility index (Phi) is 4.62. The lowest BCUT2D eigenvalue weighted by Crippen LogP contribution is -2.26. The van der Waals surface area contributed by atoms with Crippen molar-refractivity contribution in [2.24, 2.45) is 5.92 Å². The normalized spacial score (nSPS) is 21.7. The predicted molar refractivity (Wildman–Crippen MR) is 91.4 cm³/mol. The minimum Gasteiger partial charge on any atom is -0.394 e. The summed E-state index contributed by atoms with van der Waals surface area (Å²) in [6, 6.07) is 2.38. The van der Waals surface area contributed by atoms with Gasteiger partial charge in [0.05, 0.1) is 12.6 Å². The van der Waals surface area contributed by atoms with Gasteiger partial charge in [0.1, 0.15) is 23.4 Å². The van der Waals surface area contributed by atoms with E-state index in [1.165, 1.54) is 6.42 Å². The molecule has 1 saturated carbocycles. The van der Waals surface area contributed by atoms with E-state index in [0.717, 1.165) is 31.4 Å². The van der Waals surface area contributed by atoms with Gasteiger partial charge >= 0.3 is 0 Å². The first-order valence-corrected chi connectivity index (χ1v) is 8.90. The van der Waals surface area contributed by atoms with Gasteiger partial charge in [0, 0.05) is 19.3 Å². The average molecular weight is 364 g/mol. The minimum atomic E-state index is -0.815. The Hall–Kier alpha value is -2.06. The zero-order valence-electron chi connectivity index (χ0n) is 14.6. The van der Waals surface area contributed by atoms with E-state index in [1.807, 2.05) is 4.68 Å². The smallest absolute Gasteiger partial charge is 0.181 e. The first-order valence-electron chi connectivity index (χ1n) is 8.90. The number of hydrogen-bond acceptors (Lipinski definition) is 5. The molecule has 8 heteroatoms. The molecule has 1 saturated heterocycles. The van der Waals surface area contributed by atoms with Gasteiger partial charge in [-0.15, -0.1) is 0 Å². The van der Waals surface area contributed by atoms with Crippen molar-refractivity contribution < 1.29 is 18.3 Å². The molecule has 0 radical (unpaired) electrons. The summed E-state index contributed by atoms with van der Waals surface area (Å²) in [6.07, 6.45) is 3.96. The number of ether oxygens (including phenoxy) is 2. The molecule has 4 rings (SSSR count). The van der Waals surface area contributed by atoms with Crippen molar-refractivity contribution in [3.8, 4) is 11.4 Å². The highest BCUT2D eigenvalue weighted by Gasteiger charge is 2.35. The number of nitrogens with zero attached hydrogens (tertiary/aromatic N) is 3. The second kappa shape index (κ2) is 6.92. The Balaban J connectivity index is 1.77. The van der Waals surface area contributed by atoms with E-state index in [0.29, 0.717) is 25.0 Å². The molecule has 26 heavy (non-hydrogen) atoms. The zero-order valence-corrected chi connectivity index (χ0v) is 14.6. The van der Waals surface area contributed by atoms with Crippen LogP contribution >= 0.6 is 0 Å².